The topological polar surface area (TPSA) is 61.9 Å². The molecule has 0 aliphatic carbocycles. The number of nitrogens with one attached hydrogen (secondary N) is 1. The van der Waals surface area contributed by atoms with Gasteiger partial charge < -0.3 is 15.0 Å². The molecule has 1 N–H and O–H groups in total. The van der Waals surface area contributed by atoms with Crippen molar-refractivity contribution < 1.29 is 36.3 Å². The number of halogens is 5. The number of fused-ring (bicyclic) bond motifs is 2. The van der Waals surface area contributed by atoms with E-state index in [1.165, 1.54) is 18.2 Å². The number of hydrogen-bond donors (Lipinski definition) is 1. The SMILES string of the molecule is O=C1CN2CCN(C(=O)CC(F)(F)F)C[C@@H]2COc2ccc(-c3ccc(F)cc3F)cc2N1. The molecule has 1 atom stereocenters. The lowest BCUT2D eigenvalue weighted by atomic mass is 10.0. The normalized spacial score (nSPS) is 19.4. The summed E-state index contributed by atoms with van der Waals surface area (Å²) < 4.78 is 71.1. The smallest absolute Gasteiger partial charge is 0.397 e. The lowest BCUT2D eigenvalue weighted by Crippen LogP contribution is -2.58. The van der Waals surface area contributed by atoms with Gasteiger partial charge in [-0.05, 0) is 29.8 Å². The molecular formula is C22H20F5N3O3. The third-order valence-corrected chi connectivity index (χ3v) is 5.58. The summed E-state index contributed by atoms with van der Waals surface area (Å²) in [5.74, 6) is -2.59. The molecule has 11 heteroatoms. The molecule has 1 saturated heterocycles. The van der Waals surface area contributed by atoms with Gasteiger partial charge in [0, 0.05) is 31.3 Å². The zero-order valence-corrected chi connectivity index (χ0v) is 17.3. The number of piperazine rings is 1. The summed E-state index contributed by atoms with van der Waals surface area (Å²) in [4.78, 5) is 27.5. The average molecular weight is 469 g/mol. The van der Waals surface area contributed by atoms with Gasteiger partial charge in [0.1, 0.15) is 30.4 Å². The number of rotatable bonds is 2. The molecule has 0 radical (unpaired) electrons. The number of benzene rings is 2. The molecule has 0 spiro atoms. The van der Waals surface area contributed by atoms with Crippen LogP contribution in [0.25, 0.3) is 11.1 Å². The van der Waals surface area contributed by atoms with Crippen LogP contribution in [0.2, 0.25) is 0 Å². The zero-order chi connectivity index (χ0) is 23.8. The van der Waals surface area contributed by atoms with E-state index in [-0.39, 0.29) is 49.8 Å². The van der Waals surface area contributed by atoms with Crippen molar-refractivity contribution in [3.8, 4) is 16.9 Å². The lowest BCUT2D eigenvalue weighted by molar-refractivity contribution is -0.163. The molecule has 0 bridgehead atoms. The summed E-state index contributed by atoms with van der Waals surface area (Å²) in [5, 5.41) is 2.71. The second-order valence-corrected chi connectivity index (χ2v) is 7.95. The van der Waals surface area contributed by atoms with E-state index in [1.54, 1.807) is 11.0 Å². The fraction of sp³-hybridized carbons (Fsp3) is 0.364. The van der Waals surface area contributed by atoms with Gasteiger partial charge in [0.2, 0.25) is 11.8 Å². The molecule has 176 valence electrons. The van der Waals surface area contributed by atoms with Gasteiger partial charge in [0.25, 0.3) is 0 Å². The number of carbonyl (C=O) groups excluding carboxylic acids is 2. The Morgan fingerprint density at radius 3 is 2.64 bits per heavy atom. The lowest BCUT2D eigenvalue weighted by Gasteiger charge is -2.40. The van der Waals surface area contributed by atoms with Crippen LogP contribution < -0.4 is 10.1 Å². The van der Waals surface area contributed by atoms with Crippen LogP contribution in [0.3, 0.4) is 0 Å². The predicted octanol–water partition coefficient (Wildman–Crippen LogP) is 3.43. The van der Waals surface area contributed by atoms with Crippen LogP contribution in [0.15, 0.2) is 36.4 Å². The van der Waals surface area contributed by atoms with Crippen LogP contribution >= 0.6 is 0 Å². The highest BCUT2D eigenvalue weighted by Crippen LogP contribution is 2.33. The Labute approximate surface area is 185 Å². The summed E-state index contributed by atoms with van der Waals surface area (Å²) in [7, 11) is 0. The maximum absolute atomic E-state index is 14.2. The molecule has 2 aliphatic rings. The highest BCUT2D eigenvalue weighted by molar-refractivity contribution is 5.94. The van der Waals surface area contributed by atoms with Crippen LogP contribution in [0, 0.1) is 11.6 Å². The molecule has 2 aromatic carbocycles. The first kappa shape index (κ1) is 23.0. The van der Waals surface area contributed by atoms with E-state index >= 15 is 0 Å². The molecule has 6 nitrogen and oxygen atoms in total. The van der Waals surface area contributed by atoms with Crippen LogP contribution in [-0.2, 0) is 9.59 Å². The summed E-state index contributed by atoms with van der Waals surface area (Å²) in [6, 6.07) is 7.27. The van der Waals surface area contributed by atoms with E-state index in [4.69, 9.17) is 4.74 Å². The quantitative estimate of drug-likeness (QED) is 0.685. The Balaban J connectivity index is 1.54. The highest BCUT2D eigenvalue weighted by Gasteiger charge is 2.37. The molecule has 0 saturated carbocycles. The fourth-order valence-corrected chi connectivity index (χ4v) is 3.97. The first-order chi connectivity index (χ1) is 15.6. The number of nitrogens with zero attached hydrogens (tertiary/aromatic N) is 2. The van der Waals surface area contributed by atoms with Crippen molar-refractivity contribution in [2.75, 3.05) is 38.1 Å². The van der Waals surface area contributed by atoms with Crippen molar-refractivity contribution in [2.24, 2.45) is 0 Å². The molecule has 4 rings (SSSR count). The molecule has 2 aliphatic heterocycles. The molecule has 2 heterocycles. The first-order valence-corrected chi connectivity index (χ1v) is 10.2. The summed E-state index contributed by atoms with van der Waals surface area (Å²) in [5.41, 5.74) is 0.826. The van der Waals surface area contributed by atoms with E-state index in [2.05, 4.69) is 5.32 Å². The van der Waals surface area contributed by atoms with E-state index < -0.39 is 42.1 Å². The number of carbonyl (C=O) groups is 2. The van der Waals surface area contributed by atoms with Gasteiger partial charge in [-0.3, -0.25) is 14.5 Å². The number of hydrogen-bond acceptors (Lipinski definition) is 4. The van der Waals surface area contributed by atoms with Crippen molar-refractivity contribution in [2.45, 2.75) is 18.6 Å². The molecular weight excluding hydrogens is 449 g/mol. The predicted molar refractivity (Wildman–Crippen MR) is 109 cm³/mol. The van der Waals surface area contributed by atoms with Gasteiger partial charge in [-0.2, -0.15) is 13.2 Å². The van der Waals surface area contributed by atoms with Crippen molar-refractivity contribution >= 4 is 17.5 Å². The summed E-state index contributed by atoms with van der Waals surface area (Å²) in [6.45, 7) is 0.259. The minimum Gasteiger partial charge on any atom is -0.490 e. The molecule has 1 fully saturated rings. The maximum Gasteiger partial charge on any atom is 0.397 e. The third-order valence-electron chi connectivity index (χ3n) is 5.58. The van der Waals surface area contributed by atoms with Crippen LogP contribution in [0.1, 0.15) is 6.42 Å². The Morgan fingerprint density at radius 2 is 1.91 bits per heavy atom. The Bertz CT molecular complexity index is 1080. The van der Waals surface area contributed by atoms with E-state index in [1.807, 2.05) is 0 Å². The number of anilines is 1. The fourth-order valence-electron chi connectivity index (χ4n) is 3.97. The van der Waals surface area contributed by atoms with E-state index in [9.17, 15) is 31.5 Å². The monoisotopic (exact) mass is 469 g/mol. The third kappa shape index (κ3) is 5.41. The zero-order valence-electron chi connectivity index (χ0n) is 17.3. The minimum atomic E-state index is -4.59. The molecule has 0 unspecified atom stereocenters. The van der Waals surface area contributed by atoms with Gasteiger partial charge in [0.05, 0.1) is 18.3 Å². The molecule has 2 amide bonds. The van der Waals surface area contributed by atoms with E-state index in [0.717, 1.165) is 17.0 Å². The van der Waals surface area contributed by atoms with Crippen LogP contribution in [-0.4, -0.2) is 66.6 Å². The second-order valence-electron chi connectivity index (χ2n) is 7.95. The van der Waals surface area contributed by atoms with Gasteiger partial charge in [0.15, 0.2) is 0 Å². The van der Waals surface area contributed by atoms with Crippen molar-refractivity contribution in [3.05, 3.63) is 48.0 Å². The highest BCUT2D eigenvalue weighted by atomic mass is 19.4. The Morgan fingerprint density at radius 1 is 1.12 bits per heavy atom. The van der Waals surface area contributed by atoms with Crippen molar-refractivity contribution in [3.63, 3.8) is 0 Å². The van der Waals surface area contributed by atoms with Gasteiger partial charge in [-0.1, -0.05) is 6.07 Å². The minimum absolute atomic E-state index is 0.00357. The maximum atomic E-state index is 14.2. The molecule has 2 aromatic rings. The molecule has 33 heavy (non-hydrogen) atoms. The van der Waals surface area contributed by atoms with E-state index in [0.29, 0.717) is 5.56 Å². The van der Waals surface area contributed by atoms with Crippen LogP contribution in [0.4, 0.5) is 27.6 Å². The van der Waals surface area contributed by atoms with Gasteiger partial charge in [-0.15, -0.1) is 0 Å². The first-order valence-electron chi connectivity index (χ1n) is 10.2. The number of amides is 2. The molecule has 0 aromatic heterocycles. The Hall–Kier alpha value is -3.21. The van der Waals surface area contributed by atoms with Crippen molar-refractivity contribution in [1.29, 1.82) is 0 Å². The standard InChI is InChI=1S/C22H20F5N3O3/c23-14-2-3-16(17(24)8-14)13-1-4-19-18(7-13)28-20(31)11-29-5-6-30(10-15(29)12-33-19)21(32)9-22(25,26)27/h1-4,7-8,15H,5-6,9-12H2,(H,28,31)/t15-/m1/s1. The summed E-state index contributed by atoms with van der Waals surface area (Å²) in [6.07, 6.45) is -6.13. The number of ether oxygens (including phenoxy) is 1. The second kappa shape index (κ2) is 8.97. The largest absolute Gasteiger partial charge is 0.490 e. The Kier molecular flexibility index (Phi) is 6.24. The summed E-state index contributed by atoms with van der Waals surface area (Å²) >= 11 is 0. The van der Waals surface area contributed by atoms with Crippen LogP contribution in [0.5, 0.6) is 5.75 Å². The van der Waals surface area contributed by atoms with Gasteiger partial charge in [-0.25, -0.2) is 8.78 Å². The van der Waals surface area contributed by atoms with Gasteiger partial charge >= 0.3 is 6.18 Å². The number of alkyl halides is 3. The average Bonchev–Trinajstić information content (AvgIpc) is 2.78. The van der Waals surface area contributed by atoms with Crippen molar-refractivity contribution in [1.82, 2.24) is 9.80 Å².